The van der Waals surface area contributed by atoms with E-state index < -0.39 is 12.1 Å². The van der Waals surface area contributed by atoms with Crippen LogP contribution in [0, 0.1) is 0 Å². The van der Waals surface area contributed by atoms with E-state index in [0.717, 1.165) is 46.9 Å². The number of ether oxygens (including phenoxy) is 1. The summed E-state index contributed by atoms with van der Waals surface area (Å²) in [6, 6.07) is 28.1. The minimum atomic E-state index is -0.891. The van der Waals surface area contributed by atoms with Crippen LogP contribution in [0.5, 0.6) is 5.75 Å². The molecule has 3 aromatic carbocycles. The summed E-state index contributed by atoms with van der Waals surface area (Å²) in [6.45, 7) is 9.43. The number of rotatable bonds is 10. The van der Waals surface area contributed by atoms with Crippen molar-refractivity contribution in [3.63, 3.8) is 0 Å². The fourth-order valence-corrected chi connectivity index (χ4v) is 5.41. The Hall–Kier alpha value is -4.53. The van der Waals surface area contributed by atoms with Gasteiger partial charge >= 0.3 is 5.97 Å². The molecule has 0 saturated carbocycles. The second-order valence-corrected chi connectivity index (χ2v) is 11.4. The molecule has 2 N–H and O–H groups in total. The minimum absolute atomic E-state index is 0.131. The molecule has 0 radical (unpaired) electrons. The number of carbonyl (C=O) groups is 2. The number of carboxylic acids is 1. The van der Waals surface area contributed by atoms with Crippen LogP contribution in [0.3, 0.4) is 0 Å². The fourth-order valence-electron chi connectivity index (χ4n) is 5.41. The van der Waals surface area contributed by atoms with E-state index in [9.17, 15) is 14.7 Å². The third kappa shape index (κ3) is 9.48. The van der Waals surface area contributed by atoms with Crippen LogP contribution in [0.15, 0.2) is 103 Å². The van der Waals surface area contributed by atoms with Gasteiger partial charge in [-0.15, -0.1) is 0 Å². The monoisotopic (exact) mass is 609 g/mol. The second kappa shape index (κ2) is 16.5. The Bertz CT molecular complexity index is 1540. The van der Waals surface area contributed by atoms with Crippen LogP contribution in [0.1, 0.15) is 49.3 Å². The summed E-state index contributed by atoms with van der Waals surface area (Å²) in [7, 11) is 0. The second-order valence-electron chi connectivity index (χ2n) is 11.4. The Kier molecular flexibility index (Phi) is 12.2. The van der Waals surface area contributed by atoms with E-state index in [0.29, 0.717) is 25.6 Å². The minimum Gasteiger partial charge on any atom is -0.490 e. The van der Waals surface area contributed by atoms with E-state index in [1.165, 1.54) is 11.6 Å². The molecular formula is C37H43N3O5. The Balaban J connectivity index is 0.000000700. The first kappa shape index (κ1) is 33.4. The van der Waals surface area contributed by atoms with E-state index in [2.05, 4.69) is 48.0 Å². The van der Waals surface area contributed by atoms with Crippen LogP contribution in [0.2, 0.25) is 0 Å². The van der Waals surface area contributed by atoms with Crippen LogP contribution in [0.25, 0.3) is 10.9 Å². The highest BCUT2D eigenvalue weighted by Crippen LogP contribution is 2.29. The van der Waals surface area contributed by atoms with Gasteiger partial charge in [-0.05, 0) is 53.8 Å². The van der Waals surface area contributed by atoms with Crippen LogP contribution >= 0.6 is 0 Å². The van der Waals surface area contributed by atoms with E-state index >= 15 is 0 Å². The van der Waals surface area contributed by atoms with Crippen molar-refractivity contribution in [3.05, 3.63) is 120 Å². The van der Waals surface area contributed by atoms with Crippen molar-refractivity contribution in [2.75, 3.05) is 39.3 Å². The highest BCUT2D eigenvalue weighted by molar-refractivity contribution is 5.87. The number of benzene rings is 3. The number of aliphatic hydroxyl groups excluding tert-OH is 1. The van der Waals surface area contributed by atoms with E-state index in [4.69, 9.17) is 9.84 Å². The lowest BCUT2D eigenvalue weighted by molar-refractivity contribution is -0.134. The average Bonchev–Trinajstić information content (AvgIpc) is 3.05. The molecule has 2 heterocycles. The number of amides is 1. The summed E-state index contributed by atoms with van der Waals surface area (Å²) < 4.78 is 5.95. The summed E-state index contributed by atoms with van der Waals surface area (Å²) in [5, 5.41) is 19.5. The van der Waals surface area contributed by atoms with Crippen molar-refractivity contribution >= 4 is 22.8 Å². The molecular weight excluding hydrogens is 566 g/mol. The molecule has 0 bridgehead atoms. The number of aromatic nitrogens is 1. The summed E-state index contributed by atoms with van der Waals surface area (Å²) in [6.07, 6.45) is 3.69. The highest BCUT2D eigenvalue weighted by atomic mass is 16.5. The van der Waals surface area contributed by atoms with E-state index in [1.807, 2.05) is 65.6 Å². The molecule has 1 aliphatic rings. The van der Waals surface area contributed by atoms with Crippen molar-refractivity contribution in [2.45, 2.75) is 38.7 Å². The van der Waals surface area contributed by atoms with Crippen molar-refractivity contribution < 1.29 is 24.5 Å². The zero-order valence-electron chi connectivity index (χ0n) is 26.3. The number of piperazine rings is 1. The van der Waals surface area contributed by atoms with Gasteiger partial charge in [-0.25, -0.2) is 4.79 Å². The van der Waals surface area contributed by atoms with Gasteiger partial charge in [0.1, 0.15) is 18.5 Å². The lowest BCUT2D eigenvalue weighted by Gasteiger charge is -2.37. The van der Waals surface area contributed by atoms with Gasteiger partial charge in [0.15, 0.2) is 0 Å². The molecule has 1 aliphatic heterocycles. The predicted molar refractivity (Wildman–Crippen MR) is 178 cm³/mol. The number of nitrogens with zero attached hydrogens (tertiary/aromatic N) is 3. The summed E-state index contributed by atoms with van der Waals surface area (Å²) >= 11 is 0. The first-order chi connectivity index (χ1) is 21.8. The standard InChI is InChI=1S/C33H37N3O3.C4H6O2/c1-24(2)25-13-15-27(16-14-25)32(26-8-4-3-5-9-26)33(38)36-20-18-35(19-21-36)22-28(37)23-39-31-12-6-11-30-29(31)10-7-17-34-30;1-2-3-4(5)6/h3-17,24,28,32,37H,18-23H2,1-2H3;2-3H,1H3,(H,5,6)/b;3-2+. The number of allylic oxidation sites excluding steroid dienone is 1. The largest absolute Gasteiger partial charge is 0.490 e. The molecule has 2 atom stereocenters. The molecule has 1 saturated heterocycles. The van der Waals surface area contributed by atoms with E-state index in [1.54, 1.807) is 13.1 Å². The number of β-amino-alcohol motifs (C(OH)–C–C–N with tert-alkyl or cyclic N) is 1. The van der Waals surface area contributed by atoms with Crippen molar-refractivity contribution in [1.82, 2.24) is 14.8 Å². The van der Waals surface area contributed by atoms with Crippen molar-refractivity contribution in [2.24, 2.45) is 0 Å². The Morgan fingerprint density at radius 3 is 2.16 bits per heavy atom. The Morgan fingerprint density at radius 2 is 1.53 bits per heavy atom. The number of fused-ring (bicyclic) bond motifs is 1. The van der Waals surface area contributed by atoms with Gasteiger partial charge in [-0.2, -0.15) is 0 Å². The lowest BCUT2D eigenvalue weighted by atomic mass is 9.88. The van der Waals surface area contributed by atoms with Gasteiger partial charge in [-0.3, -0.25) is 14.7 Å². The third-order valence-corrected chi connectivity index (χ3v) is 7.82. The fraction of sp³-hybridized carbons (Fsp3) is 0.324. The SMILES string of the molecule is C/C=C/C(=O)O.CC(C)c1ccc(C(C(=O)N2CCN(CC(O)COc3cccc4ncccc34)CC2)c2ccccc2)cc1. The van der Waals surface area contributed by atoms with Gasteiger partial charge in [0.25, 0.3) is 0 Å². The molecule has 8 nitrogen and oxygen atoms in total. The van der Waals surface area contributed by atoms with Crippen LogP contribution in [-0.4, -0.2) is 82.3 Å². The maximum absolute atomic E-state index is 13.8. The van der Waals surface area contributed by atoms with Crippen LogP contribution in [-0.2, 0) is 9.59 Å². The maximum atomic E-state index is 13.8. The van der Waals surface area contributed by atoms with Gasteiger partial charge in [0.05, 0.1) is 11.4 Å². The first-order valence-electron chi connectivity index (χ1n) is 15.4. The molecule has 1 fully saturated rings. The molecule has 1 amide bonds. The summed E-state index contributed by atoms with van der Waals surface area (Å²) in [5.74, 6) is 0.0866. The van der Waals surface area contributed by atoms with Gasteiger partial charge in [-0.1, -0.05) is 80.6 Å². The molecule has 8 heteroatoms. The van der Waals surface area contributed by atoms with Crippen LogP contribution < -0.4 is 4.74 Å². The normalized spacial score (nSPS) is 15.0. The molecule has 1 aromatic heterocycles. The lowest BCUT2D eigenvalue weighted by Crippen LogP contribution is -2.52. The Morgan fingerprint density at radius 1 is 0.867 bits per heavy atom. The van der Waals surface area contributed by atoms with Gasteiger partial charge in [0.2, 0.25) is 5.91 Å². The molecule has 0 aliphatic carbocycles. The van der Waals surface area contributed by atoms with Crippen molar-refractivity contribution in [1.29, 1.82) is 0 Å². The number of carbonyl (C=O) groups excluding carboxylic acids is 1. The topological polar surface area (TPSA) is 103 Å². The third-order valence-electron chi connectivity index (χ3n) is 7.82. The zero-order chi connectivity index (χ0) is 32.2. The summed E-state index contributed by atoms with van der Waals surface area (Å²) in [4.78, 5) is 31.9. The molecule has 45 heavy (non-hydrogen) atoms. The highest BCUT2D eigenvalue weighted by Gasteiger charge is 2.30. The maximum Gasteiger partial charge on any atom is 0.327 e. The number of carboxylic acid groups (broad SMARTS) is 1. The number of hydrogen-bond donors (Lipinski definition) is 2. The molecule has 5 rings (SSSR count). The van der Waals surface area contributed by atoms with Gasteiger partial charge < -0.3 is 19.8 Å². The van der Waals surface area contributed by atoms with E-state index in [-0.39, 0.29) is 18.4 Å². The average molecular weight is 610 g/mol. The quantitative estimate of drug-likeness (QED) is 0.222. The molecule has 2 unspecified atom stereocenters. The predicted octanol–water partition coefficient (Wildman–Crippen LogP) is 5.72. The zero-order valence-corrected chi connectivity index (χ0v) is 26.3. The first-order valence-corrected chi connectivity index (χ1v) is 15.4. The number of aliphatic hydroxyl groups is 1. The molecule has 236 valence electrons. The smallest absolute Gasteiger partial charge is 0.327 e. The van der Waals surface area contributed by atoms with Crippen molar-refractivity contribution in [3.8, 4) is 5.75 Å². The van der Waals surface area contributed by atoms with Gasteiger partial charge in [0, 0.05) is 50.4 Å². The number of aliphatic carboxylic acids is 1. The molecule has 0 spiro atoms. The molecule has 4 aromatic rings. The Labute approximate surface area is 265 Å². The number of hydrogen-bond acceptors (Lipinski definition) is 6. The summed E-state index contributed by atoms with van der Waals surface area (Å²) in [5.41, 5.74) is 4.17. The number of pyridine rings is 1. The van der Waals surface area contributed by atoms with Crippen LogP contribution in [0.4, 0.5) is 0 Å².